The highest BCUT2D eigenvalue weighted by Gasteiger charge is 2.35. The molecule has 1 N–H and O–H groups in total. The molecule has 0 atom stereocenters. The van der Waals surface area contributed by atoms with E-state index < -0.39 is 5.54 Å². The number of hydrogen-bond acceptors (Lipinski definition) is 5. The van der Waals surface area contributed by atoms with E-state index in [1.165, 1.54) is 11.8 Å². The number of thioether (sulfide) groups is 1. The van der Waals surface area contributed by atoms with Gasteiger partial charge in [-0.1, -0.05) is 11.8 Å². The van der Waals surface area contributed by atoms with E-state index in [1.807, 2.05) is 19.9 Å². The molecule has 2 rings (SSSR count). The molecular weight excluding hydrogens is 272 g/mol. The minimum atomic E-state index is -0.652. The summed E-state index contributed by atoms with van der Waals surface area (Å²) < 4.78 is 0. The maximum Gasteiger partial charge on any atom is 0.231 e. The second kappa shape index (κ2) is 6.23. The van der Waals surface area contributed by atoms with Gasteiger partial charge in [-0.2, -0.15) is 5.26 Å². The maximum atomic E-state index is 12.0. The number of nitriles is 1. The van der Waals surface area contributed by atoms with Crippen LogP contribution in [0.25, 0.3) is 0 Å². The molecule has 1 aromatic heterocycles. The van der Waals surface area contributed by atoms with Gasteiger partial charge in [0.1, 0.15) is 5.54 Å². The van der Waals surface area contributed by atoms with Crippen molar-refractivity contribution >= 4 is 17.7 Å². The molecule has 106 valence electrons. The lowest BCUT2D eigenvalue weighted by atomic mass is 10.0. The Bertz CT molecular complexity index is 526. The first-order valence-electron chi connectivity index (χ1n) is 6.70. The van der Waals surface area contributed by atoms with Gasteiger partial charge in [-0.15, -0.1) is 0 Å². The first-order chi connectivity index (χ1) is 9.53. The smallest absolute Gasteiger partial charge is 0.231 e. The van der Waals surface area contributed by atoms with Crippen LogP contribution in [0.15, 0.2) is 11.2 Å². The van der Waals surface area contributed by atoms with E-state index in [4.69, 9.17) is 0 Å². The van der Waals surface area contributed by atoms with Gasteiger partial charge < -0.3 is 5.32 Å². The molecule has 0 aliphatic heterocycles. The van der Waals surface area contributed by atoms with Gasteiger partial charge >= 0.3 is 0 Å². The average molecular weight is 290 g/mol. The van der Waals surface area contributed by atoms with E-state index >= 15 is 0 Å². The fraction of sp³-hybridized carbons (Fsp3) is 0.571. The van der Waals surface area contributed by atoms with Crippen LogP contribution in [0.1, 0.15) is 37.1 Å². The second-order valence-corrected chi connectivity index (χ2v) is 6.11. The summed E-state index contributed by atoms with van der Waals surface area (Å²) in [6.07, 6.45) is 3.50. The Kier molecular flexibility index (Phi) is 4.61. The Labute approximate surface area is 123 Å². The number of carbonyl (C=O) groups excluding carboxylic acids is 1. The summed E-state index contributed by atoms with van der Waals surface area (Å²) in [4.78, 5) is 20.5. The van der Waals surface area contributed by atoms with Crippen LogP contribution in [0.3, 0.4) is 0 Å². The highest BCUT2D eigenvalue weighted by molar-refractivity contribution is 7.99. The van der Waals surface area contributed by atoms with Crippen molar-refractivity contribution in [3.05, 3.63) is 17.5 Å². The average Bonchev–Trinajstić information content (AvgIpc) is 2.84. The van der Waals surface area contributed by atoms with E-state index in [0.717, 1.165) is 37.1 Å². The summed E-state index contributed by atoms with van der Waals surface area (Å²) in [5.74, 6) is 0.119. The Morgan fingerprint density at radius 3 is 2.55 bits per heavy atom. The summed E-state index contributed by atoms with van der Waals surface area (Å²) >= 11 is 1.31. The van der Waals surface area contributed by atoms with Gasteiger partial charge in [0, 0.05) is 11.4 Å². The summed E-state index contributed by atoms with van der Waals surface area (Å²) in [5, 5.41) is 12.7. The SMILES string of the molecule is Cc1cc(C)nc(SCC(=O)NC2(C#N)CCCC2)n1. The molecule has 6 heteroatoms. The van der Waals surface area contributed by atoms with Gasteiger partial charge in [0.2, 0.25) is 5.91 Å². The van der Waals surface area contributed by atoms with E-state index in [9.17, 15) is 10.1 Å². The van der Waals surface area contributed by atoms with Gasteiger partial charge in [-0.05, 0) is 45.6 Å². The molecule has 1 saturated carbocycles. The lowest BCUT2D eigenvalue weighted by Gasteiger charge is -2.21. The molecule has 0 aromatic carbocycles. The quantitative estimate of drug-likeness (QED) is 0.679. The maximum absolute atomic E-state index is 12.0. The minimum absolute atomic E-state index is 0.124. The van der Waals surface area contributed by atoms with Crippen LogP contribution in [-0.2, 0) is 4.79 Å². The second-order valence-electron chi connectivity index (χ2n) is 5.17. The van der Waals surface area contributed by atoms with E-state index in [0.29, 0.717) is 5.16 Å². The number of hydrogen-bond donors (Lipinski definition) is 1. The number of aromatic nitrogens is 2. The Hall–Kier alpha value is -1.61. The van der Waals surface area contributed by atoms with Crippen LogP contribution >= 0.6 is 11.8 Å². The Balaban J connectivity index is 1.90. The third-order valence-electron chi connectivity index (χ3n) is 3.34. The standard InChI is InChI=1S/C14H18N4OS/c1-10-7-11(2)17-13(16-10)20-8-12(19)18-14(9-15)5-3-4-6-14/h7H,3-6,8H2,1-2H3,(H,18,19). The van der Waals surface area contributed by atoms with Gasteiger partial charge in [0.15, 0.2) is 5.16 Å². The normalized spacial score (nSPS) is 16.6. The molecule has 1 fully saturated rings. The highest BCUT2D eigenvalue weighted by Crippen LogP contribution is 2.29. The zero-order chi connectivity index (χ0) is 14.6. The number of nitrogens with zero attached hydrogens (tertiary/aromatic N) is 3. The van der Waals surface area contributed by atoms with Crippen LogP contribution < -0.4 is 5.32 Å². The fourth-order valence-electron chi connectivity index (χ4n) is 2.43. The summed E-state index contributed by atoms with van der Waals surface area (Å²) in [5.41, 5.74) is 1.13. The number of rotatable bonds is 4. The Morgan fingerprint density at radius 1 is 1.40 bits per heavy atom. The van der Waals surface area contributed by atoms with Crippen LogP contribution in [0.5, 0.6) is 0 Å². The molecule has 0 bridgehead atoms. The highest BCUT2D eigenvalue weighted by atomic mass is 32.2. The number of nitrogens with one attached hydrogen (secondary N) is 1. The number of carbonyl (C=O) groups is 1. The predicted molar refractivity (Wildman–Crippen MR) is 77.2 cm³/mol. The number of aryl methyl sites for hydroxylation is 2. The molecular formula is C14H18N4OS. The molecule has 0 saturated heterocycles. The van der Waals surface area contributed by atoms with Gasteiger partial charge in [0.05, 0.1) is 11.8 Å². The van der Waals surface area contributed by atoms with Crippen molar-refractivity contribution in [1.29, 1.82) is 5.26 Å². The van der Waals surface area contributed by atoms with Crippen LogP contribution in [-0.4, -0.2) is 27.2 Å². The zero-order valence-electron chi connectivity index (χ0n) is 11.8. The van der Waals surface area contributed by atoms with E-state index in [2.05, 4.69) is 21.4 Å². The molecule has 1 aromatic rings. The third-order valence-corrected chi connectivity index (χ3v) is 4.19. The third kappa shape index (κ3) is 3.70. The first-order valence-corrected chi connectivity index (χ1v) is 7.69. The van der Waals surface area contributed by atoms with Gasteiger partial charge in [0.25, 0.3) is 0 Å². The van der Waals surface area contributed by atoms with Crippen molar-refractivity contribution in [3.63, 3.8) is 0 Å². The fourth-order valence-corrected chi connectivity index (χ4v) is 3.18. The number of amides is 1. The lowest BCUT2D eigenvalue weighted by Crippen LogP contribution is -2.45. The summed E-state index contributed by atoms with van der Waals surface area (Å²) in [6.45, 7) is 3.81. The molecule has 20 heavy (non-hydrogen) atoms. The van der Waals surface area contributed by atoms with Crippen molar-refractivity contribution < 1.29 is 4.79 Å². The lowest BCUT2D eigenvalue weighted by molar-refractivity contribution is -0.119. The summed E-state index contributed by atoms with van der Waals surface area (Å²) in [6, 6.07) is 4.15. The molecule has 1 aliphatic carbocycles. The van der Waals surface area contributed by atoms with Crippen molar-refractivity contribution in [1.82, 2.24) is 15.3 Å². The minimum Gasteiger partial charge on any atom is -0.337 e. The monoisotopic (exact) mass is 290 g/mol. The van der Waals surface area contributed by atoms with Crippen LogP contribution in [0.4, 0.5) is 0 Å². The van der Waals surface area contributed by atoms with Crippen LogP contribution in [0, 0.1) is 25.2 Å². The first kappa shape index (κ1) is 14.8. The van der Waals surface area contributed by atoms with Crippen LogP contribution in [0.2, 0.25) is 0 Å². The molecule has 0 radical (unpaired) electrons. The zero-order valence-corrected chi connectivity index (χ0v) is 12.6. The van der Waals surface area contributed by atoms with E-state index in [-0.39, 0.29) is 11.7 Å². The van der Waals surface area contributed by atoms with Crippen molar-refractivity contribution in [3.8, 4) is 6.07 Å². The molecule has 5 nitrogen and oxygen atoms in total. The molecule has 1 amide bonds. The van der Waals surface area contributed by atoms with E-state index in [1.54, 1.807) is 0 Å². The molecule has 0 spiro atoms. The predicted octanol–water partition coefficient (Wildman–Crippen LogP) is 2.14. The largest absolute Gasteiger partial charge is 0.337 e. The summed E-state index contributed by atoms with van der Waals surface area (Å²) in [7, 11) is 0. The molecule has 1 heterocycles. The van der Waals surface area contributed by atoms with Crippen molar-refractivity contribution in [2.45, 2.75) is 50.2 Å². The molecule has 0 unspecified atom stereocenters. The molecule has 1 aliphatic rings. The van der Waals surface area contributed by atoms with Crippen molar-refractivity contribution in [2.75, 3.05) is 5.75 Å². The van der Waals surface area contributed by atoms with Gasteiger partial charge in [-0.3, -0.25) is 4.79 Å². The van der Waals surface area contributed by atoms with Gasteiger partial charge in [-0.25, -0.2) is 9.97 Å². The topological polar surface area (TPSA) is 78.7 Å². The Morgan fingerprint density at radius 2 is 2.00 bits per heavy atom. The van der Waals surface area contributed by atoms with Crippen molar-refractivity contribution in [2.24, 2.45) is 0 Å².